The number of hydrogen-bond acceptors (Lipinski definition) is 4. The van der Waals surface area contributed by atoms with Crippen LogP contribution >= 0.6 is 0 Å². The molecule has 0 N–H and O–H groups in total. The molecule has 3 fully saturated rings. The van der Waals surface area contributed by atoms with Crippen LogP contribution in [0.2, 0.25) is 0 Å². The summed E-state index contributed by atoms with van der Waals surface area (Å²) in [7, 11) is 0. The van der Waals surface area contributed by atoms with Gasteiger partial charge in [-0.3, -0.25) is 9.59 Å². The van der Waals surface area contributed by atoms with E-state index in [2.05, 4.69) is 17.3 Å². The van der Waals surface area contributed by atoms with Crippen molar-refractivity contribution < 1.29 is 14.0 Å². The lowest BCUT2D eigenvalue weighted by atomic mass is 9.63. The number of allylic oxidation sites excluding steroid dienone is 2. The summed E-state index contributed by atoms with van der Waals surface area (Å²) >= 11 is 0. The summed E-state index contributed by atoms with van der Waals surface area (Å²) in [5.41, 5.74) is 0. The van der Waals surface area contributed by atoms with Gasteiger partial charge in [0.05, 0.1) is 24.3 Å². The molecule has 1 aromatic heterocycles. The van der Waals surface area contributed by atoms with Crippen molar-refractivity contribution in [3.63, 3.8) is 0 Å². The van der Waals surface area contributed by atoms with Crippen molar-refractivity contribution in [1.82, 2.24) is 5.01 Å². The van der Waals surface area contributed by atoms with E-state index in [1.54, 1.807) is 12.1 Å². The molecule has 4 aliphatic carbocycles. The van der Waals surface area contributed by atoms with E-state index in [9.17, 15) is 9.59 Å². The van der Waals surface area contributed by atoms with Gasteiger partial charge in [-0.25, -0.2) is 0 Å². The number of amides is 2. The van der Waals surface area contributed by atoms with Gasteiger partial charge in [-0.15, -0.1) is 0 Å². The molecule has 0 spiro atoms. The van der Waals surface area contributed by atoms with Crippen molar-refractivity contribution in [2.75, 3.05) is 0 Å². The zero-order chi connectivity index (χ0) is 14.1. The molecule has 6 atom stereocenters. The second-order valence-electron chi connectivity index (χ2n) is 6.40. The van der Waals surface area contributed by atoms with Gasteiger partial charge in [-0.1, -0.05) is 12.2 Å². The molecular weight excluding hydrogens is 268 g/mol. The number of nitrogens with zero attached hydrogens (tertiary/aromatic N) is 2. The maximum absolute atomic E-state index is 12.6. The molecule has 5 nitrogen and oxygen atoms in total. The third kappa shape index (κ3) is 1.38. The van der Waals surface area contributed by atoms with Crippen molar-refractivity contribution in [3.8, 4) is 0 Å². The van der Waals surface area contributed by atoms with Gasteiger partial charge >= 0.3 is 0 Å². The Morgan fingerprint density at radius 2 is 1.81 bits per heavy atom. The van der Waals surface area contributed by atoms with Crippen LogP contribution in [0.4, 0.5) is 0 Å². The number of hydrogen-bond donors (Lipinski definition) is 0. The predicted molar refractivity (Wildman–Crippen MR) is 72.9 cm³/mol. The molecule has 0 aromatic carbocycles. The van der Waals surface area contributed by atoms with Gasteiger partial charge < -0.3 is 4.42 Å². The van der Waals surface area contributed by atoms with Crippen molar-refractivity contribution >= 4 is 18.0 Å². The van der Waals surface area contributed by atoms with Crippen LogP contribution in [0.25, 0.3) is 0 Å². The number of rotatable bonds is 2. The summed E-state index contributed by atoms with van der Waals surface area (Å²) in [6, 6.07) is 3.48. The van der Waals surface area contributed by atoms with Crippen LogP contribution in [0.15, 0.2) is 40.1 Å². The Bertz CT molecular complexity index is 654. The largest absolute Gasteiger partial charge is 0.463 e. The van der Waals surface area contributed by atoms with Crippen LogP contribution < -0.4 is 0 Å². The second-order valence-corrected chi connectivity index (χ2v) is 6.40. The van der Waals surface area contributed by atoms with Crippen LogP contribution in [0, 0.1) is 35.5 Å². The fraction of sp³-hybridized carbons (Fsp3) is 0.438. The van der Waals surface area contributed by atoms with Crippen LogP contribution in [-0.4, -0.2) is 23.0 Å². The highest BCUT2D eigenvalue weighted by atomic mass is 16.3. The SMILES string of the molecule is O=C1[C@@H]2[C@H]3C=C[C@@H]([C@@H]4C[C@H]34)[C@@H]2C(=O)N1N=Cc1ccco1. The van der Waals surface area contributed by atoms with E-state index in [1.807, 2.05) is 0 Å². The molecule has 1 aromatic rings. The number of hydrazone groups is 1. The minimum absolute atomic E-state index is 0.141. The minimum Gasteiger partial charge on any atom is -0.463 e. The Labute approximate surface area is 121 Å². The molecule has 5 heteroatoms. The summed E-state index contributed by atoms with van der Waals surface area (Å²) in [5.74, 6) is 1.59. The lowest BCUT2D eigenvalue weighted by Gasteiger charge is -2.37. The molecule has 0 radical (unpaired) electrons. The van der Waals surface area contributed by atoms with Gasteiger partial charge in [0.25, 0.3) is 11.8 Å². The predicted octanol–water partition coefficient (Wildman–Crippen LogP) is 1.67. The standard InChI is InChI=1S/C16H14N2O3/c19-15-13-9-3-4-10(12-6-11(9)12)14(13)16(20)18(15)17-7-8-2-1-5-21-8/h1-5,7,9-14H,6H2/t9-,10-,11-,12+,13-,14+/m0/s1. The monoisotopic (exact) mass is 282 g/mol. The van der Waals surface area contributed by atoms with Crippen LogP contribution in [0.3, 0.4) is 0 Å². The Morgan fingerprint density at radius 3 is 2.38 bits per heavy atom. The Kier molecular flexibility index (Phi) is 2.04. The molecule has 1 saturated heterocycles. The summed E-state index contributed by atoms with van der Waals surface area (Å²) in [6.45, 7) is 0. The molecule has 2 saturated carbocycles. The smallest absolute Gasteiger partial charge is 0.254 e. The number of carbonyl (C=O) groups is 2. The summed E-state index contributed by atoms with van der Waals surface area (Å²) in [4.78, 5) is 25.2. The van der Waals surface area contributed by atoms with E-state index < -0.39 is 0 Å². The van der Waals surface area contributed by atoms with Crippen molar-refractivity contribution in [3.05, 3.63) is 36.3 Å². The lowest BCUT2D eigenvalue weighted by Crippen LogP contribution is -2.40. The zero-order valence-corrected chi connectivity index (χ0v) is 11.3. The molecule has 2 heterocycles. The van der Waals surface area contributed by atoms with Gasteiger partial charge in [0, 0.05) is 0 Å². The first-order chi connectivity index (χ1) is 10.3. The van der Waals surface area contributed by atoms with E-state index in [0.717, 1.165) is 5.01 Å². The molecule has 0 unspecified atom stereocenters. The zero-order valence-electron chi connectivity index (χ0n) is 11.3. The van der Waals surface area contributed by atoms with Gasteiger partial charge in [-0.2, -0.15) is 10.1 Å². The highest BCUT2D eigenvalue weighted by molar-refractivity contribution is 6.06. The third-order valence-corrected chi connectivity index (χ3v) is 5.48. The summed E-state index contributed by atoms with van der Waals surface area (Å²) in [5, 5.41) is 5.14. The molecule has 2 bridgehead atoms. The second kappa shape index (κ2) is 3.72. The maximum atomic E-state index is 12.6. The molecule has 21 heavy (non-hydrogen) atoms. The highest BCUT2D eigenvalue weighted by Gasteiger charge is 2.67. The van der Waals surface area contributed by atoms with Gasteiger partial charge in [-0.05, 0) is 42.2 Å². The molecule has 1 aliphatic heterocycles. The van der Waals surface area contributed by atoms with Crippen molar-refractivity contribution in [1.29, 1.82) is 0 Å². The topological polar surface area (TPSA) is 62.9 Å². The fourth-order valence-corrected chi connectivity index (χ4v) is 4.53. The normalized spacial score (nSPS) is 42.8. The van der Waals surface area contributed by atoms with Gasteiger partial charge in [0.15, 0.2) is 0 Å². The van der Waals surface area contributed by atoms with E-state index in [0.29, 0.717) is 17.6 Å². The average Bonchev–Trinajstić information content (AvgIpc) is 3.10. The van der Waals surface area contributed by atoms with Gasteiger partial charge in [0.1, 0.15) is 5.76 Å². The van der Waals surface area contributed by atoms with E-state index in [4.69, 9.17) is 4.42 Å². The number of carbonyl (C=O) groups excluding carboxylic acids is 2. The first kappa shape index (κ1) is 11.5. The van der Waals surface area contributed by atoms with E-state index in [-0.39, 0.29) is 35.5 Å². The third-order valence-electron chi connectivity index (χ3n) is 5.48. The molecule has 6 rings (SSSR count). The highest BCUT2D eigenvalue weighted by Crippen LogP contribution is 2.65. The average molecular weight is 282 g/mol. The van der Waals surface area contributed by atoms with Crippen LogP contribution in [-0.2, 0) is 9.59 Å². The molecule has 106 valence electrons. The Balaban J connectivity index is 1.48. The summed E-state index contributed by atoms with van der Waals surface area (Å²) in [6.07, 6.45) is 8.46. The number of imide groups is 1. The Hall–Kier alpha value is -2.17. The summed E-state index contributed by atoms with van der Waals surface area (Å²) < 4.78 is 5.15. The quantitative estimate of drug-likeness (QED) is 0.471. The number of furan rings is 1. The van der Waals surface area contributed by atoms with Crippen LogP contribution in [0.5, 0.6) is 0 Å². The molecule has 5 aliphatic rings. The van der Waals surface area contributed by atoms with Gasteiger partial charge in [0.2, 0.25) is 0 Å². The van der Waals surface area contributed by atoms with Crippen LogP contribution in [0.1, 0.15) is 12.2 Å². The fourth-order valence-electron chi connectivity index (χ4n) is 4.53. The van der Waals surface area contributed by atoms with E-state index >= 15 is 0 Å². The molecule has 2 amide bonds. The van der Waals surface area contributed by atoms with Crippen molar-refractivity contribution in [2.24, 2.45) is 40.6 Å². The minimum atomic E-state index is -0.190. The first-order valence-electron chi connectivity index (χ1n) is 7.39. The van der Waals surface area contributed by atoms with E-state index in [1.165, 1.54) is 18.9 Å². The maximum Gasteiger partial charge on any atom is 0.254 e. The Morgan fingerprint density at radius 1 is 1.14 bits per heavy atom. The van der Waals surface area contributed by atoms with Crippen molar-refractivity contribution in [2.45, 2.75) is 6.42 Å². The first-order valence-corrected chi connectivity index (χ1v) is 7.39. The lowest BCUT2D eigenvalue weighted by molar-refractivity contribution is -0.140. The molecular formula is C16H14N2O3.